The Bertz CT molecular complexity index is 532. The number of carbonyl (C=O) groups is 1. The highest BCUT2D eigenvalue weighted by Crippen LogP contribution is 2.21. The molecule has 0 aliphatic carbocycles. The largest absolute Gasteiger partial charge is 0.411 e. The zero-order chi connectivity index (χ0) is 16.9. The smallest absolute Gasteiger partial charge is 0.372 e. The molecule has 2 rings (SSSR count). The minimum absolute atomic E-state index is 0.0345. The molecular weight excluding hydrogens is 333 g/mol. The van der Waals surface area contributed by atoms with E-state index in [-0.39, 0.29) is 18.9 Å². The molecule has 1 amide bonds. The Morgan fingerprint density at radius 1 is 1.22 bits per heavy atom. The van der Waals surface area contributed by atoms with Crippen molar-refractivity contribution in [3.8, 4) is 0 Å². The van der Waals surface area contributed by atoms with E-state index in [4.69, 9.17) is 11.6 Å². The third kappa shape index (κ3) is 5.91. The first-order valence-electron chi connectivity index (χ1n) is 7.28. The summed E-state index contributed by atoms with van der Waals surface area (Å²) in [5, 5.41) is 0.655. The molecule has 1 fully saturated rings. The van der Waals surface area contributed by atoms with Crippen LogP contribution in [0, 0.1) is 0 Å². The SMILES string of the molecule is O=C(CCOCC(F)(F)F)N1CCN(c2cccc(Cl)c2)CC1. The quantitative estimate of drug-likeness (QED) is 0.765. The number of carbonyl (C=O) groups excluding carboxylic acids is 1. The van der Waals surface area contributed by atoms with E-state index in [1.807, 2.05) is 18.2 Å². The van der Waals surface area contributed by atoms with Crippen molar-refractivity contribution < 1.29 is 22.7 Å². The van der Waals surface area contributed by atoms with Crippen molar-refractivity contribution >= 4 is 23.2 Å². The lowest BCUT2D eigenvalue weighted by molar-refractivity contribution is -0.175. The number of rotatable bonds is 5. The van der Waals surface area contributed by atoms with Gasteiger partial charge in [0.2, 0.25) is 5.91 Å². The molecule has 8 heteroatoms. The molecule has 0 aromatic heterocycles. The predicted molar refractivity (Wildman–Crippen MR) is 81.7 cm³/mol. The van der Waals surface area contributed by atoms with Crippen molar-refractivity contribution in [3.05, 3.63) is 29.3 Å². The molecule has 128 valence electrons. The molecule has 0 spiro atoms. The summed E-state index contributed by atoms with van der Waals surface area (Å²) in [5.41, 5.74) is 0.998. The van der Waals surface area contributed by atoms with Crippen LogP contribution >= 0.6 is 11.6 Å². The van der Waals surface area contributed by atoms with Gasteiger partial charge in [0.25, 0.3) is 0 Å². The lowest BCUT2D eigenvalue weighted by Gasteiger charge is -2.36. The first kappa shape index (κ1) is 17.9. The van der Waals surface area contributed by atoms with Gasteiger partial charge in [-0.05, 0) is 18.2 Å². The summed E-state index contributed by atoms with van der Waals surface area (Å²) in [6.07, 6.45) is -4.39. The van der Waals surface area contributed by atoms with Crippen molar-refractivity contribution in [2.45, 2.75) is 12.6 Å². The van der Waals surface area contributed by atoms with Gasteiger partial charge in [0.05, 0.1) is 13.0 Å². The van der Waals surface area contributed by atoms with E-state index in [1.165, 1.54) is 0 Å². The van der Waals surface area contributed by atoms with Gasteiger partial charge in [-0.15, -0.1) is 0 Å². The third-order valence-electron chi connectivity index (χ3n) is 3.53. The van der Waals surface area contributed by atoms with Crippen molar-refractivity contribution in [2.24, 2.45) is 0 Å². The van der Waals surface area contributed by atoms with Gasteiger partial charge in [-0.2, -0.15) is 13.2 Å². The maximum absolute atomic E-state index is 11.9. The Labute approximate surface area is 137 Å². The summed E-state index contributed by atoms with van der Waals surface area (Å²) in [6, 6.07) is 7.48. The summed E-state index contributed by atoms with van der Waals surface area (Å²) >= 11 is 5.96. The van der Waals surface area contributed by atoms with Crippen LogP contribution in [0.4, 0.5) is 18.9 Å². The number of hydrogen-bond acceptors (Lipinski definition) is 3. The average molecular weight is 351 g/mol. The summed E-state index contributed by atoms with van der Waals surface area (Å²) in [7, 11) is 0. The second kappa shape index (κ2) is 7.88. The molecule has 0 atom stereocenters. The van der Waals surface area contributed by atoms with Gasteiger partial charge in [-0.25, -0.2) is 0 Å². The van der Waals surface area contributed by atoms with Gasteiger partial charge in [0.15, 0.2) is 0 Å². The van der Waals surface area contributed by atoms with E-state index in [0.717, 1.165) is 5.69 Å². The predicted octanol–water partition coefficient (Wildman–Crippen LogP) is 2.96. The van der Waals surface area contributed by atoms with Crippen molar-refractivity contribution in [1.29, 1.82) is 0 Å². The normalized spacial score (nSPS) is 15.8. The van der Waals surface area contributed by atoms with E-state index in [9.17, 15) is 18.0 Å². The Hall–Kier alpha value is -1.47. The second-order valence-electron chi connectivity index (χ2n) is 5.27. The highest BCUT2D eigenvalue weighted by atomic mass is 35.5. The molecule has 0 unspecified atom stereocenters. The Morgan fingerprint density at radius 2 is 1.91 bits per heavy atom. The Balaban J connectivity index is 1.72. The summed E-state index contributed by atoms with van der Waals surface area (Å²) < 4.78 is 40.3. The van der Waals surface area contributed by atoms with E-state index in [2.05, 4.69) is 9.64 Å². The van der Waals surface area contributed by atoms with Gasteiger partial charge in [-0.1, -0.05) is 17.7 Å². The van der Waals surface area contributed by atoms with Crippen LogP contribution in [0.1, 0.15) is 6.42 Å². The van der Waals surface area contributed by atoms with Crippen molar-refractivity contribution in [3.63, 3.8) is 0 Å². The van der Waals surface area contributed by atoms with Gasteiger partial charge in [0, 0.05) is 36.9 Å². The molecule has 0 radical (unpaired) electrons. The monoisotopic (exact) mass is 350 g/mol. The number of nitrogens with zero attached hydrogens (tertiary/aromatic N) is 2. The maximum atomic E-state index is 11.9. The number of halogens is 4. The highest BCUT2D eigenvalue weighted by Gasteiger charge is 2.27. The topological polar surface area (TPSA) is 32.8 Å². The molecule has 0 saturated carbocycles. The van der Waals surface area contributed by atoms with Crippen LogP contribution < -0.4 is 4.90 Å². The highest BCUT2D eigenvalue weighted by molar-refractivity contribution is 6.30. The van der Waals surface area contributed by atoms with Crippen LogP contribution in [0.25, 0.3) is 0 Å². The fourth-order valence-corrected chi connectivity index (χ4v) is 2.58. The number of alkyl halides is 3. The molecule has 23 heavy (non-hydrogen) atoms. The number of amides is 1. The average Bonchev–Trinajstić information content (AvgIpc) is 2.50. The standard InChI is InChI=1S/C15H18ClF3N2O2/c16-12-2-1-3-13(10-12)20-5-7-21(8-6-20)14(22)4-9-23-11-15(17,18)19/h1-3,10H,4-9,11H2. The molecule has 0 bridgehead atoms. The number of hydrogen-bond donors (Lipinski definition) is 0. The number of ether oxygens (including phenoxy) is 1. The summed E-state index contributed by atoms with van der Waals surface area (Å²) in [4.78, 5) is 15.7. The maximum Gasteiger partial charge on any atom is 0.411 e. The molecule has 1 aromatic rings. The minimum atomic E-state index is -4.36. The van der Waals surface area contributed by atoms with Crippen molar-refractivity contribution in [1.82, 2.24) is 4.90 Å². The number of piperazine rings is 1. The van der Waals surface area contributed by atoms with Gasteiger partial charge >= 0.3 is 6.18 Å². The second-order valence-corrected chi connectivity index (χ2v) is 5.70. The first-order chi connectivity index (χ1) is 10.8. The van der Waals surface area contributed by atoms with Crippen LogP contribution in [-0.2, 0) is 9.53 Å². The van der Waals surface area contributed by atoms with Crippen molar-refractivity contribution in [2.75, 3.05) is 44.3 Å². The molecule has 4 nitrogen and oxygen atoms in total. The lowest BCUT2D eigenvalue weighted by atomic mass is 10.2. The fraction of sp³-hybridized carbons (Fsp3) is 0.533. The number of anilines is 1. The van der Waals surface area contributed by atoms with Gasteiger partial charge < -0.3 is 14.5 Å². The molecule has 1 aliphatic heterocycles. The number of benzene rings is 1. The molecule has 1 aliphatic rings. The zero-order valence-electron chi connectivity index (χ0n) is 12.5. The summed E-state index contributed by atoms with van der Waals surface area (Å²) in [6.45, 7) is 0.857. The van der Waals surface area contributed by atoms with Gasteiger partial charge in [-0.3, -0.25) is 4.79 Å². The molecule has 1 aromatic carbocycles. The fourth-order valence-electron chi connectivity index (χ4n) is 2.39. The Kier molecular flexibility index (Phi) is 6.12. The molecule has 0 N–H and O–H groups in total. The van der Waals surface area contributed by atoms with E-state index in [1.54, 1.807) is 11.0 Å². The Morgan fingerprint density at radius 3 is 2.52 bits per heavy atom. The van der Waals surface area contributed by atoms with Crippen LogP contribution in [0.3, 0.4) is 0 Å². The van der Waals surface area contributed by atoms with Gasteiger partial charge in [0.1, 0.15) is 6.61 Å². The first-order valence-corrected chi connectivity index (χ1v) is 7.66. The van der Waals surface area contributed by atoms with Crippen LogP contribution in [0.5, 0.6) is 0 Å². The van der Waals surface area contributed by atoms with E-state index < -0.39 is 12.8 Å². The third-order valence-corrected chi connectivity index (χ3v) is 3.77. The lowest BCUT2D eigenvalue weighted by Crippen LogP contribution is -2.49. The molecular formula is C15H18ClF3N2O2. The van der Waals surface area contributed by atoms with E-state index in [0.29, 0.717) is 31.2 Å². The zero-order valence-corrected chi connectivity index (χ0v) is 13.2. The van der Waals surface area contributed by atoms with Crippen LogP contribution in [0.15, 0.2) is 24.3 Å². The minimum Gasteiger partial charge on any atom is -0.372 e. The molecule has 1 saturated heterocycles. The van der Waals surface area contributed by atoms with E-state index >= 15 is 0 Å². The molecule has 1 heterocycles. The van der Waals surface area contributed by atoms with Crippen LogP contribution in [-0.4, -0.2) is 56.4 Å². The van der Waals surface area contributed by atoms with Crippen LogP contribution in [0.2, 0.25) is 5.02 Å². The summed E-state index contributed by atoms with van der Waals surface area (Å²) in [5.74, 6) is -0.182.